The summed E-state index contributed by atoms with van der Waals surface area (Å²) in [7, 11) is 0. The number of piperidine rings is 1. The average molecular weight is 143 g/mol. The fraction of sp³-hybridized carbons (Fsp3) is 0.833. The molecule has 0 spiro atoms. The molecule has 4 N–H and O–H groups in total. The van der Waals surface area contributed by atoms with Crippen LogP contribution in [-0.2, 0) is 4.79 Å². The molecule has 0 aliphatic carbocycles. The van der Waals surface area contributed by atoms with Crippen LogP contribution < -0.4 is 16.6 Å². The molecule has 1 rings (SSSR count). The number of hydrogen-bond acceptors (Lipinski definition) is 3. The molecule has 10 heavy (non-hydrogen) atoms. The molecule has 4 nitrogen and oxygen atoms in total. The van der Waals surface area contributed by atoms with Gasteiger partial charge in [-0.3, -0.25) is 10.2 Å². The molecule has 0 aromatic carbocycles. The van der Waals surface area contributed by atoms with E-state index in [1.54, 1.807) is 0 Å². The van der Waals surface area contributed by atoms with Crippen molar-refractivity contribution in [1.29, 1.82) is 0 Å². The number of hydrogen-bond donors (Lipinski definition) is 3. The number of carbonyl (C=O) groups is 1. The Hall–Kier alpha value is -0.610. The van der Waals surface area contributed by atoms with Crippen LogP contribution in [0.1, 0.15) is 12.8 Å². The zero-order valence-electron chi connectivity index (χ0n) is 5.89. The van der Waals surface area contributed by atoms with Crippen molar-refractivity contribution in [2.45, 2.75) is 12.8 Å². The molecule has 0 aromatic heterocycles. The molecule has 0 unspecified atom stereocenters. The lowest BCUT2D eigenvalue weighted by molar-refractivity contribution is -0.125. The van der Waals surface area contributed by atoms with Crippen LogP contribution in [0.15, 0.2) is 0 Å². The van der Waals surface area contributed by atoms with Crippen molar-refractivity contribution >= 4 is 5.91 Å². The highest BCUT2D eigenvalue weighted by Crippen LogP contribution is 2.08. The maximum Gasteiger partial charge on any atom is 0.238 e. The van der Waals surface area contributed by atoms with Gasteiger partial charge in [-0.1, -0.05) is 0 Å². The number of hydrazine groups is 1. The molecule has 1 saturated heterocycles. The number of nitrogens with two attached hydrogens (primary N) is 1. The fourth-order valence-corrected chi connectivity index (χ4v) is 1.19. The molecule has 1 heterocycles. The first-order valence-electron chi connectivity index (χ1n) is 3.56. The smallest absolute Gasteiger partial charge is 0.238 e. The van der Waals surface area contributed by atoms with Gasteiger partial charge in [-0.05, 0) is 19.4 Å². The molecule has 1 aliphatic rings. The van der Waals surface area contributed by atoms with E-state index in [1.165, 1.54) is 0 Å². The first-order valence-corrected chi connectivity index (χ1v) is 3.56. The Balaban J connectivity index is 2.31. The summed E-state index contributed by atoms with van der Waals surface area (Å²) < 4.78 is 0. The van der Waals surface area contributed by atoms with Crippen LogP contribution in [0, 0.1) is 5.92 Å². The van der Waals surface area contributed by atoms with Gasteiger partial charge in [0.15, 0.2) is 0 Å². The lowest BCUT2D eigenvalue weighted by Crippen LogP contribution is -2.43. The van der Waals surface area contributed by atoms with Gasteiger partial charge in [-0.25, -0.2) is 5.84 Å². The Morgan fingerprint density at radius 3 is 3.00 bits per heavy atom. The molecule has 1 amide bonds. The summed E-state index contributed by atoms with van der Waals surface area (Å²) >= 11 is 0. The van der Waals surface area contributed by atoms with Gasteiger partial charge in [0.05, 0.1) is 5.92 Å². The quantitative estimate of drug-likeness (QED) is 0.250. The van der Waals surface area contributed by atoms with Gasteiger partial charge in [0.1, 0.15) is 0 Å². The highest BCUT2D eigenvalue weighted by Gasteiger charge is 2.19. The van der Waals surface area contributed by atoms with E-state index in [-0.39, 0.29) is 11.8 Å². The van der Waals surface area contributed by atoms with Gasteiger partial charge in [-0.2, -0.15) is 0 Å². The van der Waals surface area contributed by atoms with Crippen molar-refractivity contribution in [3.63, 3.8) is 0 Å². The third kappa shape index (κ3) is 1.68. The van der Waals surface area contributed by atoms with Gasteiger partial charge in [-0.15, -0.1) is 0 Å². The highest BCUT2D eigenvalue weighted by atomic mass is 16.2. The first kappa shape index (κ1) is 7.50. The number of amides is 1. The minimum atomic E-state index is -0.0489. The Kier molecular flexibility index (Phi) is 2.65. The van der Waals surface area contributed by atoms with E-state index in [9.17, 15) is 4.79 Å². The second kappa shape index (κ2) is 3.53. The minimum Gasteiger partial charge on any atom is -0.316 e. The van der Waals surface area contributed by atoms with Gasteiger partial charge in [0.2, 0.25) is 5.91 Å². The zero-order chi connectivity index (χ0) is 7.40. The van der Waals surface area contributed by atoms with Crippen molar-refractivity contribution in [3.05, 3.63) is 0 Å². The van der Waals surface area contributed by atoms with Crippen molar-refractivity contribution in [2.75, 3.05) is 13.1 Å². The molecule has 58 valence electrons. The predicted octanol–water partition coefficient (Wildman–Crippen LogP) is -1.02. The van der Waals surface area contributed by atoms with E-state index < -0.39 is 0 Å². The predicted molar refractivity (Wildman–Crippen MR) is 37.9 cm³/mol. The Labute approximate surface area is 60.1 Å². The summed E-state index contributed by atoms with van der Waals surface area (Å²) in [6.07, 6.45) is 2.02. The van der Waals surface area contributed by atoms with E-state index in [1.807, 2.05) is 0 Å². The lowest BCUT2D eigenvalue weighted by Gasteiger charge is -2.20. The molecule has 1 aliphatic heterocycles. The van der Waals surface area contributed by atoms with E-state index in [4.69, 9.17) is 5.84 Å². The minimum absolute atomic E-state index is 0.0489. The molecule has 1 fully saturated rings. The largest absolute Gasteiger partial charge is 0.316 e. The Bertz CT molecular complexity index is 120. The maximum atomic E-state index is 10.9. The van der Waals surface area contributed by atoms with E-state index in [0.717, 1.165) is 25.9 Å². The SMILES string of the molecule is NNC(=O)[C@@H]1CCCNC1. The van der Waals surface area contributed by atoms with Crippen molar-refractivity contribution in [1.82, 2.24) is 10.7 Å². The van der Waals surface area contributed by atoms with Crippen molar-refractivity contribution in [3.8, 4) is 0 Å². The summed E-state index contributed by atoms with van der Waals surface area (Å²) in [6, 6.07) is 0. The highest BCUT2D eigenvalue weighted by molar-refractivity contribution is 5.78. The summed E-state index contributed by atoms with van der Waals surface area (Å²) in [5, 5.41) is 3.13. The van der Waals surface area contributed by atoms with Crippen LogP contribution in [0.5, 0.6) is 0 Å². The van der Waals surface area contributed by atoms with Gasteiger partial charge in [0.25, 0.3) is 0 Å². The molecular weight excluding hydrogens is 130 g/mol. The summed E-state index contributed by atoms with van der Waals surface area (Å²) in [4.78, 5) is 10.9. The van der Waals surface area contributed by atoms with Crippen molar-refractivity contribution in [2.24, 2.45) is 11.8 Å². The third-order valence-corrected chi connectivity index (χ3v) is 1.81. The van der Waals surface area contributed by atoms with Crippen LogP contribution in [0.25, 0.3) is 0 Å². The van der Waals surface area contributed by atoms with Gasteiger partial charge >= 0.3 is 0 Å². The molecule has 0 aromatic rings. The standard InChI is InChI=1S/C6H13N3O/c7-9-6(10)5-2-1-3-8-4-5/h5,8H,1-4,7H2,(H,9,10)/t5-/m1/s1. The molecule has 1 atom stereocenters. The second-order valence-corrected chi connectivity index (χ2v) is 2.55. The second-order valence-electron chi connectivity index (χ2n) is 2.55. The molecule has 0 radical (unpaired) electrons. The first-order chi connectivity index (χ1) is 4.84. The summed E-state index contributed by atoms with van der Waals surface area (Å²) in [5.41, 5.74) is 2.16. The Morgan fingerprint density at radius 1 is 1.70 bits per heavy atom. The maximum absolute atomic E-state index is 10.9. The number of carbonyl (C=O) groups excluding carboxylic acids is 1. The number of rotatable bonds is 1. The summed E-state index contributed by atoms with van der Waals surface area (Å²) in [5.74, 6) is 5.01. The number of nitrogens with one attached hydrogen (secondary N) is 2. The van der Waals surface area contributed by atoms with E-state index >= 15 is 0 Å². The molecule has 0 saturated carbocycles. The van der Waals surface area contributed by atoms with Crippen molar-refractivity contribution < 1.29 is 4.79 Å². The van der Waals surface area contributed by atoms with Crippen LogP contribution >= 0.6 is 0 Å². The van der Waals surface area contributed by atoms with Gasteiger partial charge in [0, 0.05) is 6.54 Å². The van der Waals surface area contributed by atoms with Gasteiger partial charge < -0.3 is 5.32 Å². The van der Waals surface area contributed by atoms with E-state index in [2.05, 4.69) is 10.7 Å². The average Bonchev–Trinajstić information content (AvgIpc) is 2.05. The topological polar surface area (TPSA) is 67.1 Å². The van der Waals surface area contributed by atoms with Crippen LogP contribution in [0.2, 0.25) is 0 Å². The lowest BCUT2D eigenvalue weighted by atomic mass is 9.99. The molecular formula is C6H13N3O. The molecule has 4 heteroatoms. The Morgan fingerprint density at radius 2 is 2.50 bits per heavy atom. The zero-order valence-corrected chi connectivity index (χ0v) is 5.89. The molecule has 0 bridgehead atoms. The summed E-state index contributed by atoms with van der Waals surface area (Å²) in [6.45, 7) is 1.79. The van der Waals surface area contributed by atoms with Crippen LogP contribution in [0.3, 0.4) is 0 Å². The van der Waals surface area contributed by atoms with Crippen LogP contribution in [0.4, 0.5) is 0 Å². The fourth-order valence-electron chi connectivity index (χ4n) is 1.19. The third-order valence-electron chi connectivity index (χ3n) is 1.81. The van der Waals surface area contributed by atoms with Crippen LogP contribution in [-0.4, -0.2) is 19.0 Å². The van der Waals surface area contributed by atoms with E-state index in [0.29, 0.717) is 0 Å². The monoisotopic (exact) mass is 143 g/mol. The normalized spacial score (nSPS) is 25.9.